The van der Waals surface area contributed by atoms with Crippen molar-refractivity contribution in [3.63, 3.8) is 0 Å². The van der Waals surface area contributed by atoms with E-state index in [1.807, 2.05) is 60.7 Å². The van der Waals surface area contributed by atoms with Crippen LogP contribution in [0.2, 0.25) is 0 Å². The van der Waals surface area contributed by atoms with Gasteiger partial charge >= 0.3 is 0 Å². The number of benzene rings is 6. The quantitative estimate of drug-likeness (QED) is 0.188. The van der Waals surface area contributed by atoms with Crippen molar-refractivity contribution in [3.05, 3.63) is 105 Å². The topological polar surface area (TPSA) is 47.6 Å². The Bertz CT molecular complexity index is 1770. The lowest BCUT2D eigenvalue weighted by atomic mass is 9.85. The van der Waals surface area contributed by atoms with Crippen LogP contribution in [-0.4, -0.2) is 0 Å². The fourth-order valence-corrected chi connectivity index (χ4v) is 6.31. The third-order valence-electron chi connectivity index (χ3n) is 6.42. The standard InChI is InChI=1S/C30H14Br2N2/c31-29-21-7-3-1-5-19(21)27(25-13-17(15-33)9-11-23(25)29)28-20-6-2-4-8-22(20)30(32)24-12-10-18(16-34)14-26(24)28/h1-14H. The van der Waals surface area contributed by atoms with Crippen LogP contribution in [0.1, 0.15) is 11.1 Å². The summed E-state index contributed by atoms with van der Waals surface area (Å²) in [6.45, 7) is 0. The summed E-state index contributed by atoms with van der Waals surface area (Å²) in [6, 6.07) is 32.9. The Labute approximate surface area is 212 Å². The van der Waals surface area contributed by atoms with Gasteiger partial charge < -0.3 is 0 Å². The van der Waals surface area contributed by atoms with Crippen LogP contribution < -0.4 is 0 Å². The molecule has 0 aliphatic carbocycles. The third kappa shape index (κ3) is 2.97. The minimum absolute atomic E-state index is 0.611. The summed E-state index contributed by atoms with van der Waals surface area (Å²) in [5.74, 6) is 0. The van der Waals surface area contributed by atoms with Gasteiger partial charge in [0.05, 0.1) is 23.3 Å². The molecule has 2 nitrogen and oxygen atoms in total. The van der Waals surface area contributed by atoms with Gasteiger partial charge in [-0.1, -0.05) is 60.7 Å². The molecule has 0 aromatic heterocycles. The van der Waals surface area contributed by atoms with Crippen molar-refractivity contribution < 1.29 is 0 Å². The van der Waals surface area contributed by atoms with Gasteiger partial charge in [-0.05, 0) is 110 Å². The molecule has 0 radical (unpaired) electrons. The number of hydrogen-bond donors (Lipinski definition) is 0. The van der Waals surface area contributed by atoms with Crippen LogP contribution in [0.15, 0.2) is 93.9 Å². The van der Waals surface area contributed by atoms with E-state index in [2.05, 4.69) is 68.3 Å². The van der Waals surface area contributed by atoms with Gasteiger partial charge in [0.1, 0.15) is 0 Å². The molecule has 0 saturated heterocycles. The Hall–Kier alpha value is -3.70. The van der Waals surface area contributed by atoms with E-state index in [9.17, 15) is 10.5 Å². The lowest BCUT2D eigenvalue weighted by molar-refractivity contribution is 1.49. The molecule has 6 aromatic rings. The van der Waals surface area contributed by atoms with Crippen LogP contribution in [0.5, 0.6) is 0 Å². The van der Waals surface area contributed by atoms with Gasteiger partial charge in [-0.25, -0.2) is 0 Å². The van der Waals surface area contributed by atoms with Crippen LogP contribution in [0.25, 0.3) is 54.2 Å². The Morgan fingerprint density at radius 3 is 1.18 bits per heavy atom. The van der Waals surface area contributed by atoms with E-state index < -0.39 is 0 Å². The molecule has 158 valence electrons. The van der Waals surface area contributed by atoms with E-state index in [-0.39, 0.29) is 0 Å². The molecule has 0 bridgehead atoms. The van der Waals surface area contributed by atoms with Crippen LogP contribution in [0.3, 0.4) is 0 Å². The lowest BCUT2D eigenvalue weighted by Gasteiger charge is -2.19. The summed E-state index contributed by atoms with van der Waals surface area (Å²) in [5.41, 5.74) is 3.35. The van der Waals surface area contributed by atoms with E-state index in [0.29, 0.717) is 11.1 Å². The maximum absolute atomic E-state index is 9.69. The molecular formula is C30H14Br2N2. The molecule has 6 aromatic carbocycles. The van der Waals surface area contributed by atoms with E-state index in [0.717, 1.165) is 63.2 Å². The van der Waals surface area contributed by atoms with Gasteiger partial charge in [-0.15, -0.1) is 0 Å². The van der Waals surface area contributed by atoms with Gasteiger partial charge in [-0.3, -0.25) is 0 Å². The highest BCUT2D eigenvalue weighted by Gasteiger charge is 2.20. The summed E-state index contributed by atoms with van der Waals surface area (Å²) in [7, 11) is 0. The van der Waals surface area contributed by atoms with Crippen LogP contribution in [0, 0.1) is 22.7 Å². The minimum atomic E-state index is 0.611. The van der Waals surface area contributed by atoms with E-state index >= 15 is 0 Å². The maximum atomic E-state index is 9.69. The van der Waals surface area contributed by atoms with Crippen molar-refractivity contribution in [1.29, 1.82) is 10.5 Å². The fraction of sp³-hybridized carbons (Fsp3) is 0. The number of nitriles is 2. The van der Waals surface area contributed by atoms with Gasteiger partial charge in [-0.2, -0.15) is 10.5 Å². The summed E-state index contributed by atoms with van der Waals surface area (Å²) >= 11 is 7.67. The lowest BCUT2D eigenvalue weighted by Crippen LogP contribution is -1.93. The van der Waals surface area contributed by atoms with E-state index in [1.165, 1.54) is 0 Å². The van der Waals surface area contributed by atoms with Crippen molar-refractivity contribution >= 4 is 74.9 Å². The molecule has 0 unspecified atom stereocenters. The molecule has 0 amide bonds. The Morgan fingerprint density at radius 1 is 0.441 bits per heavy atom. The largest absolute Gasteiger partial charge is 0.192 e. The number of halogens is 2. The molecule has 0 saturated carbocycles. The van der Waals surface area contributed by atoms with E-state index in [4.69, 9.17) is 0 Å². The maximum Gasteiger partial charge on any atom is 0.0991 e. The molecule has 6 rings (SSSR count). The average Bonchev–Trinajstić information content (AvgIpc) is 2.89. The van der Waals surface area contributed by atoms with Crippen molar-refractivity contribution in [1.82, 2.24) is 0 Å². The van der Waals surface area contributed by atoms with Crippen molar-refractivity contribution in [3.8, 4) is 23.3 Å². The van der Waals surface area contributed by atoms with Crippen LogP contribution in [-0.2, 0) is 0 Å². The van der Waals surface area contributed by atoms with Crippen molar-refractivity contribution in [2.75, 3.05) is 0 Å². The SMILES string of the molecule is N#Cc1ccc2c(Br)c3ccccc3c(-c3c4ccccc4c(Br)c4ccc(C#N)cc34)c2c1. The second kappa shape index (κ2) is 7.96. The molecule has 0 aliphatic heterocycles. The molecule has 4 heteroatoms. The van der Waals surface area contributed by atoms with Crippen LogP contribution in [0.4, 0.5) is 0 Å². The highest BCUT2D eigenvalue weighted by Crippen LogP contribution is 2.48. The Morgan fingerprint density at radius 2 is 0.794 bits per heavy atom. The van der Waals surface area contributed by atoms with Crippen molar-refractivity contribution in [2.45, 2.75) is 0 Å². The highest BCUT2D eigenvalue weighted by atomic mass is 79.9. The number of hydrogen-bond acceptors (Lipinski definition) is 2. The molecule has 34 heavy (non-hydrogen) atoms. The van der Waals surface area contributed by atoms with Gasteiger partial charge in [0.2, 0.25) is 0 Å². The first-order valence-electron chi connectivity index (χ1n) is 10.7. The predicted octanol–water partition coefficient (Wildman–Crippen LogP) is 9.23. The first-order valence-corrected chi connectivity index (χ1v) is 12.3. The Kier molecular flexibility index (Phi) is 4.89. The molecule has 0 heterocycles. The summed E-state index contributed by atoms with van der Waals surface area (Å²) in [5, 5.41) is 27.9. The summed E-state index contributed by atoms with van der Waals surface area (Å²) in [6.07, 6.45) is 0. The molecule has 0 atom stereocenters. The monoisotopic (exact) mass is 560 g/mol. The molecule has 0 fully saturated rings. The highest BCUT2D eigenvalue weighted by molar-refractivity contribution is 9.11. The Balaban J connectivity index is 1.98. The number of fused-ring (bicyclic) bond motifs is 4. The molecular weight excluding hydrogens is 548 g/mol. The third-order valence-corrected chi connectivity index (χ3v) is 8.13. The smallest absolute Gasteiger partial charge is 0.0991 e. The second-order valence-electron chi connectivity index (χ2n) is 8.21. The molecule has 0 N–H and O–H groups in total. The normalized spacial score (nSPS) is 11.2. The van der Waals surface area contributed by atoms with Crippen LogP contribution >= 0.6 is 31.9 Å². The van der Waals surface area contributed by atoms with E-state index in [1.54, 1.807) is 0 Å². The zero-order valence-electron chi connectivity index (χ0n) is 17.7. The van der Waals surface area contributed by atoms with Gasteiger partial charge in [0.25, 0.3) is 0 Å². The number of nitrogens with zero attached hydrogens (tertiary/aromatic N) is 2. The van der Waals surface area contributed by atoms with Gasteiger partial charge in [0, 0.05) is 8.95 Å². The molecule has 0 aliphatic rings. The molecule has 0 spiro atoms. The minimum Gasteiger partial charge on any atom is -0.192 e. The zero-order valence-corrected chi connectivity index (χ0v) is 20.9. The predicted molar refractivity (Wildman–Crippen MR) is 147 cm³/mol. The van der Waals surface area contributed by atoms with Crippen molar-refractivity contribution in [2.24, 2.45) is 0 Å². The summed E-state index contributed by atoms with van der Waals surface area (Å²) < 4.78 is 2.02. The fourth-order valence-electron chi connectivity index (χ4n) is 4.93. The first-order chi connectivity index (χ1) is 16.6. The first kappa shape index (κ1) is 20.9. The zero-order chi connectivity index (χ0) is 23.4. The second-order valence-corrected chi connectivity index (χ2v) is 9.80. The summed E-state index contributed by atoms with van der Waals surface area (Å²) in [4.78, 5) is 0. The van der Waals surface area contributed by atoms with Gasteiger partial charge in [0.15, 0.2) is 0 Å². The average molecular weight is 562 g/mol. The number of rotatable bonds is 1.